The summed E-state index contributed by atoms with van der Waals surface area (Å²) in [4.78, 5) is 0. The van der Waals surface area contributed by atoms with Gasteiger partial charge in [-0.3, -0.25) is 4.68 Å². The van der Waals surface area contributed by atoms with Gasteiger partial charge in [-0.05, 0) is 42.2 Å². The Labute approximate surface area is 81.1 Å². The highest BCUT2D eigenvalue weighted by atomic mass is 79.9. The first-order chi connectivity index (χ1) is 5.66. The summed E-state index contributed by atoms with van der Waals surface area (Å²) >= 11 is 3.51. The van der Waals surface area contributed by atoms with E-state index in [4.69, 9.17) is 5.73 Å². The summed E-state index contributed by atoms with van der Waals surface area (Å²) in [6.07, 6.45) is 2.01. The molecule has 1 rings (SSSR count). The van der Waals surface area contributed by atoms with Gasteiger partial charge in [0.1, 0.15) is 0 Å². The molecule has 0 bridgehead atoms. The first-order valence-corrected chi connectivity index (χ1v) is 4.84. The molecule has 0 amide bonds. The van der Waals surface area contributed by atoms with E-state index >= 15 is 0 Å². The van der Waals surface area contributed by atoms with E-state index in [1.165, 1.54) is 5.69 Å². The molecule has 0 atom stereocenters. The summed E-state index contributed by atoms with van der Waals surface area (Å²) in [5.74, 6) is 0. The fourth-order valence-corrected chi connectivity index (χ4v) is 1.76. The summed E-state index contributed by atoms with van der Waals surface area (Å²) in [5, 5.41) is 4.29. The highest BCUT2D eigenvalue weighted by Gasteiger charge is 2.08. The molecule has 1 aromatic rings. The van der Waals surface area contributed by atoms with Crippen LogP contribution in [0, 0.1) is 6.92 Å². The SMILES string of the molecule is Cc1nn(C)c(CCCN)c1Br. The van der Waals surface area contributed by atoms with Crippen LogP contribution in [0.3, 0.4) is 0 Å². The van der Waals surface area contributed by atoms with Gasteiger partial charge in [-0.15, -0.1) is 0 Å². The fraction of sp³-hybridized carbons (Fsp3) is 0.625. The van der Waals surface area contributed by atoms with Gasteiger partial charge in [0.05, 0.1) is 15.9 Å². The topological polar surface area (TPSA) is 43.8 Å². The third-order valence-corrected chi connectivity index (χ3v) is 2.91. The number of aryl methyl sites for hydroxylation is 2. The minimum Gasteiger partial charge on any atom is -0.330 e. The van der Waals surface area contributed by atoms with Crippen LogP contribution in [0.5, 0.6) is 0 Å². The molecular formula is C8H14BrN3. The second-order valence-electron chi connectivity index (χ2n) is 2.86. The molecule has 0 aliphatic carbocycles. The van der Waals surface area contributed by atoms with Crippen molar-refractivity contribution in [2.45, 2.75) is 19.8 Å². The Morgan fingerprint density at radius 2 is 2.25 bits per heavy atom. The molecule has 0 radical (unpaired) electrons. The van der Waals surface area contributed by atoms with Crippen LogP contribution in [0.4, 0.5) is 0 Å². The number of halogens is 1. The van der Waals surface area contributed by atoms with Gasteiger partial charge in [0.15, 0.2) is 0 Å². The van der Waals surface area contributed by atoms with Gasteiger partial charge in [0, 0.05) is 7.05 Å². The fourth-order valence-electron chi connectivity index (χ4n) is 1.22. The molecule has 0 spiro atoms. The summed E-state index contributed by atoms with van der Waals surface area (Å²) < 4.78 is 3.04. The second kappa shape index (κ2) is 4.05. The van der Waals surface area contributed by atoms with Crippen LogP contribution < -0.4 is 5.73 Å². The van der Waals surface area contributed by atoms with Crippen LogP contribution in [0.2, 0.25) is 0 Å². The van der Waals surface area contributed by atoms with E-state index in [9.17, 15) is 0 Å². The van der Waals surface area contributed by atoms with Crippen molar-refractivity contribution in [2.24, 2.45) is 12.8 Å². The van der Waals surface area contributed by atoms with E-state index in [2.05, 4.69) is 21.0 Å². The van der Waals surface area contributed by atoms with Crippen LogP contribution in [0.25, 0.3) is 0 Å². The highest BCUT2D eigenvalue weighted by molar-refractivity contribution is 9.10. The largest absolute Gasteiger partial charge is 0.330 e. The molecule has 0 saturated carbocycles. The van der Waals surface area contributed by atoms with Crippen LogP contribution in [-0.2, 0) is 13.5 Å². The van der Waals surface area contributed by atoms with E-state index in [-0.39, 0.29) is 0 Å². The van der Waals surface area contributed by atoms with E-state index in [1.807, 2.05) is 18.7 Å². The molecule has 2 N–H and O–H groups in total. The van der Waals surface area contributed by atoms with Crippen molar-refractivity contribution in [2.75, 3.05) is 6.54 Å². The Bertz CT molecular complexity index is 268. The van der Waals surface area contributed by atoms with Gasteiger partial charge < -0.3 is 5.73 Å². The van der Waals surface area contributed by atoms with Crippen molar-refractivity contribution in [3.8, 4) is 0 Å². The number of aromatic nitrogens is 2. The van der Waals surface area contributed by atoms with Gasteiger partial charge in [0.2, 0.25) is 0 Å². The molecular weight excluding hydrogens is 218 g/mol. The van der Waals surface area contributed by atoms with Crippen LogP contribution in [0.15, 0.2) is 4.47 Å². The standard InChI is InChI=1S/C8H14BrN3/c1-6-8(9)7(4-3-5-10)12(2)11-6/h3-5,10H2,1-2H3. The lowest BCUT2D eigenvalue weighted by atomic mass is 10.2. The Morgan fingerprint density at radius 1 is 1.58 bits per heavy atom. The van der Waals surface area contributed by atoms with E-state index in [0.717, 1.165) is 29.6 Å². The highest BCUT2D eigenvalue weighted by Crippen LogP contribution is 2.20. The number of nitrogens with zero attached hydrogens (tertiary/aromatic N) is 2. The van der Waals surface area contributed by atoms with Gasteiger partial charge in [0.25, 0.3) is 0 Å². The Balaban J connectivity index is 2.82. The van der Waals surface area contributed by atoms with Crippen molar-refractivity contribution in [3.63, 3.8) is 0 Å². The zero-order valence-corrected chi connectivity index (χ0v) is 9.06. The Morgan fingerprint density at radius 3 is 2.67 bits per heavy atom. The molecule has 0 unspecified atom stereocenters. The van der Waals surface area contributed by atoms with Crippen molar-refractivity contribution in [1.29, 1.82) is 0 Å². The summed E-state index contributed by atoms with van der Waals surface area (Å²) in [6, 6.07) is 0. The molecule has 0 saturated heterocycles. The van der Waals surface area contributed by atoms with E-state index in [1.54, 1.807) is 0 Å². The molecule has 1 heterocycles. The van der Waals surface area contributed by atoms with Gasteiger partial charge in [-0.1, -0.05) is 0 Å². The third-order valence-electron chi connectivity index (χ3n) is 1.88. The quantitative estimate of drug-likeness (QED) is 0.855. The lowest BCUT2D eigenvalue weighted by Crippen LogP contribution is -2.04. The normalized spacial score (nSPS) is 10.7. The minimum absolute atomic E-state index is 0.733. The van der Waals surface area contributed by atoms with Crippen molar-refractivity contribution >= 4 is 15.9 Å². The monoisotopic (exact) mass is 231 g/mol. The van der Waals surface area contributed by atoms with Crippen molar-refractivity contribution < 1.29 is 0 Å². The molecule has 1 aromatic heterocycles. The van der Waals surface area contributed by atoms with E-state index in [0.29, 0.717) is 0 Å². The number of hydrogen-bond acceptors (Lipinski definition) is 2. The molecule has 0 aromatic carbocycles. The first kappa shape index (κ1) is 9.74. The van der Waals surface area contributed by atoms with Crippen molar-refractivity contribution in [1.82, 2.24) is 9.78 Å². The molecule has 3 nitrogen and oxygen atoms in total. The lowest BCUT2D eigenvalue weighted by molar-refractivity contribution is 0.680. The molecule has 0 aliphatic rings. The maximum Gasteiger partial charge on any atom is 0.0738 e. The lowest BCUT2D eigenvalue weighted by Gasteiger charge is -2.00. The molecule has 0 aliphatic heterocycles. The molecule has 68 valence electrons. The Kier molecular flexibility index (Phi) is 3.29. The molecule has 4 heteroatoms. The number of hydrogen-bond donors (Lipinski definition) is 1. The average molecular weight is 232 g/mol. The van der Waals surface area contributed by atoms with E-state index < -0.39 is 0 Å². The Hall–Kier alpha value is -0.350. The number of nitrogens with two attached hydrogens (primary N) is 1. The summed E-state index contributed by atoms with van der Waals surface area (Å²) in [7, 11) is 1.96. The minimum atomic E-state index is 0.733. The maximum absolute atomic E-state index is 5.44. The van der Waals surface area contributed by atoms with Crippen LogP contribution in [-0.4, -0.2) is 16.3 Å². The van der Waals surface area contributed by atoms with Gasteiger partial charge >= 0.3 is 0 Å². The predicted octanol–water partition coefficient (Wildman–Crippen LogP) is 1.38. The van der Waals surface area contributed by atoms with Gasteiger partial charge in [-0.2, -0.15) is 5.10 Å². The predicted molar refractivity (Wildman–Crippen MR) is 53.0 cm³/mol. The average Bonchev–Trinajstić information content (AvgIpc) is 2.25. The number of rotatable bonds is 3. The molecule has 0 fully saturated rings. The maximum atomic E-state index is 5.44. The summed E-state index contributed by atoms with van der Waals surface area (Å²) in [6.45, 7) is 2.73. The second-order valence-corrected chi connectivity index (χ2v) is 3.65. The first-order valence-electron chi connectivity index (χ1n) is 4.05. The van der Waals surface area contributed by atoms with Gasteiger partial charge in [-0.25, -0.2) is 0 Å². The zero-order chi connectivity index (χ0) is 9.14. The smallest absolute Gasteiger partial charge is 0.0738 e. The third kappa shape index (κ3) is 1.87. The molecule has 12 heavy (non-hydrogen) atoms. The van der Waals surface area contributed by atoms with Crippen molar-refractivity contribution in [3.05, 3.63) is 15.9 Å². The van der Waals surface area contributed by atoms with Crippen LogP contribution in [0.1, 0.15) is 17.8 Å². The zero-order valence-electron chi connectivity index (χ0n) is 7.47. The summed E-state index contributed by atoms with van der Waals surface area (Å²) in [5.41, 5.74) is 7.72. The van der Waals surface area contributed by atoms with Crippen LogP contribution >= 0.6 is 15.9 Å².